The SMILES string of the molecule is CCOc1ccc(C(C)(C)c2ccc(OCCCN3CCOCC3)cc2)cc1Br. The van der Waals surface area contributed by atoms with E-state index in [0.29, 0.717) is 6.61 Å². The van der Waals surface area contributed by atoms with Gasteiger partial charge in [-0.15, -0.1) is 0 Å². The molecule has 0 N–H and O–H groups in total. The van der Waals surface area contributed by atoms with Crippen LogP contribution in [0.15, 0.2) is 46.9 Å². The molecule has 1 saturated heterocycles. The predicted octanol–water partition coefficient (Wildman–Crippen LogP) is 5.27. The Hall–Kier alpha value is -1.56. The summed E-state index contributed by atoms with van der Waals surface area (Å²) in [6.45, 7) is 12.7. The van der Waals surface area contributed by atoms with Crippen LogP contribution in [0.5, 0.6) is 11.5 Å². The number of morpholine rings is 1. The van der Waals surface area contributed by atoms with Gasteiger partial charge in [-0.2, -0.15) is 0 Å². The zero-order chi connectivity index (χ0) is 20.7. The minimum Gasteiger partial charge on any atom is -0.494 e. The van der Waals surface area contributed by atoms with E-state index < -0.39 is 0 Å². The van der Waals surface area contributed by atoms with E-state index in [1.807, 2.05) is 13.0 Å². The van der Waals surface area contributed by atoms with Crippen LogP contribution in [0.4, 0.5) is 0 Å². The molecule has 4 nitrogen and oxygen atoms in total. The molecule has 0 bridgehead atoms. The molecule has 3 rings (SSSR count). The molecule has 1 aliphatic heterocycles. The van der Waals surface area contributed by atoms with Crippen molar-refractivity contribution in [2.75, 3.05) is 46.1 Å². The highest BCUT2D eigenvalue weighted by atomic mass is 79.9. The van der Waals surface area contributed by atoms with Crippen molar-refractivity contribution in [1.82, 2.24) is 4.90 Å². The zero-order valence-electron chi connectivity index (χ0n) is 17.7. The lowest BCUT2D eigenvalue weighted by atomic mass is 9.78. The summed E-state index contributed by atoms with van der Waals surface area (Å²) in [5.74, 6) is 1.81. The Bertz CT molecular complexity index is 770. The number of rotatable bonds is 9. The van der Waals surface area contributed by atoms with Gasteiger partial charge in [-0.05, 0) is 64.7 Å². The first kappa shape index (κ1) is 22.1. The van der Waals surface area contributed by atoms with Crippen molar-refractivity contribution in [2.45, 2.75) is 32.6 Å². The van der Waals surface area contributed by atoms with E-state index in [1.54, 1.807) is 0 Å². The molecule has 1 fully saturated rings. The molecule has 158 valence electrons. The molecular formula is C24H32BrNO3. The monoisotopic (exact) mass is 461 g/mol. The normalized spacial score (nSPS) is 15.3. The summed E-state index contributed by atoms with van der Waals surface area (Å²) >= 11 is 3.63. The van der Waals surface area contributed by atoms with E-state index in [1.165, 1.54) is 11.1 Å². The highest BCUT2D eigenvalue weighted by molar-refractivity contribution is 9.10. The first-order valence-corrected chi connectivity index (χ1v) is 11.3. The number of hydrogen-bond donors (Lipinski definition) is 0. The fourth-order valence-corrected chi connectivity index (χ4v) is 4.09. The van der Waals surface area contributed by atoms with Crippen molar-refractivity contribution < 1.29 is 14.2 Å². The summed E-state index contributed by atoms with van der Waals surface area (Å²) < 4.78 is 18.0. The van der Waals surface area contributed by atoms with E-state index in [2.05, 4.69) is 71.1 Å². The molecule has 0 aromatic heterocycles. The van der Waals surface area contributed by atoms with Gasteiger partial charge in [0.05, 0.1) is 30.9 Å². The Morgan fingerprint density at radius 2 is 1.69 bits per heavy atom. The highest BCUT2D eigenvalue weighted by Gasteiger charge is 2.24. The van der Waals surface area contributed by atoms with Crippen molar-refractivity contribution in [2.24, 2.45) is 0 Å². The van der Waals surface area contributed by atoms with Crippen LogP contribution in [0.1, 0.15) is 38.3 Å². The van der Waals surface area contributed by atoms with Crippen LogP contribution in [-0.2, 0) is 10.2 Å². The van der Waals surface area contributed by atoms with Crippen LogP contribution in [0.2, 0.25) is 0 Å². The molecule has 0 saturated carbocycles. The summed E-state index contributed by atoms with van der Waals surface area (Å²) in [5.41, 5.74) is 2.39. The fraction of sp³-hybridized carbons (Fsp3) is 0.500. The van der Waals surface area contributed by atoms with E-state index in [0.717, 1.165) is 61.8 Å². The van der Waals surface area contributed by atoms with Crippen molar-refractivity contribution >= 4 is 15.9 Å². The van der Waals surface area contributed by atoms with Crippen molar-refractivity contribution in [1.29, 1.82) is 0 Å². The first-order valence-electron chi connectivity index (χ1n) is 10.5. The maximum atomic E-state index is 5.95. The van der Waals surface area contributed by atoms with Crippen LogP contribution < -0.4 is 9.47 Å². The standard InChI is InChI=1S/C24H32BrNO3/c1-4-28-23-11-8-20(18-22(23)25)24(2,3)19-6-9-21(10-7-19)29-15-5-12-26-13-16-27-17-14-26/h6-11,18H,4-5,12-17H2,1-3H3. The van der Waals surface area contributed by atoms with Crippen LogP contribution in [-0.4, -0.2) is 51.0 Å². The van der Waals surface area contributed by atoms with E-state index >= 15 is 0 Å². The molecule has 1 heterocycles. The smallest absolute Gasteiger partial charge is 0.133 e. The Morgan fingerprint density at radius 1 is 1.00 bits per heavy atom. The molecule has 2 aromatic carbocycles. The number of nitrogens with zero attached hydrogens (tertiary/aromatic N) is 1. The average molecular weight is 462 g/mol. The van der Waals surface area contributed by atoms with Gasteiger partial charge >= 0.3 is 0 Å². The van der Waals surface area contributed by atoms with Gasteiger partial charge in [0.2, 0.25) is 0 Å². The molecule has 5 heteroatoms. The molecular weight excluding hydrogens is 430 g/mol. The van der Waals surface area contributed by atoms with Crippen LogP contribution >= 0.6 is 15.9 Å². The number of hydrogen-bond acceptors (Lipinski definition) is 4. The molecule has 0 spiro atoms. The second-order valence-electron chi connectivity index (χ2n) is 7.88. The number of ether oxygens (including phenoxy) is 3. The van der Waals surface area contributed by atoms with Gasteiger partial charge in [-0.1, -0.05) is 32.0 Å². The zero-order valence-corrected chi connectivity index (χ0v) is 19.3. The molecule has 1 aliphatic rings. The molecule has 0 amide bonds. The minimum atomic E-state index is -0.109. The minimum absolute atomic E-state index is 0.109. The third kappa shape index (κ3) is 5.97. The third-order valence-corrected chi connectivity index (χ3v) is 6.14. The Labute approximate surface area is 183 Å². The van der Waals surface area contributed by atoms with Crippen LogP contribution in [0.25, 0.3) is 0 Å². The number of benzene rings is 2. The van der Waals surface area contributed by atoms with Gasteiger partial charge in [-0.3, -0.25) is 4.90 Å². The molecule has 0 atom stereocenters. The van der Waals surface area contributed by atoms with Gasteiger partial charge in [0, 0.05) is 25.0 Å². The average Bonchev–Trinajstić information content (AvgIpc) is 2.74. The second-order valence-corrected chi connectivity index (χ2v) is 8.74. The summed E-state index contributed by atoms with van der Waals surface area (Å²) in [7, 11) is 0. The third-order valence-electron chi connectivity index (χ3n) is 5.52. The highest BCUT2D eigenvalue weighted by Crippen LogP contribution is 2.36. The Morgan fingerprint density at radius 3 is 2.34 bits per heavy atom. The summed E-state index contributed by atoms with van der Waals surface area (Å²) in [6, 6.07) is 14.8. The van der Waals surface area contributed by atoms with Crippen LogP contribution in [0.3, 0.4) is 0 Å². The maximum Gasteiger partial charge on any atom is 0.133 e. The maximum absolute atomic E-state index is 5.95. The predicted molar refractivity (Wildman–Crippen MR) is 121 cm³/mol. The number of halogens is 1. The van der Waals surface area contributed by atoms with Crippen molar-refractivity contribution in [3.63, 3.8) is 0 Å². The first-order chi connectivity index (χ1) is 14.0. The lowest BCUT2D eigenvalue weighted by Crippen LogP contribution is -2.37. The topological polar surface area (TPSA) is 30.9 Å². The molecule has 29 heavy (non-hydrogen) atoms. The molecule has 0 unspecified atom stereocenters. The van der Waals surface area contributed by atoms with E-state index in [4.69, 9.17) is 14.2 Å². The Kier molecular flexibility index (Phi) is 7.99. The van der Waals surface area contributed by atoms with E-state index in [9.17, 15) is 0 Å². The van der Waals surface area contributed by atoms with Gasteiger partial charge in [0.1, 0.15) is 11.5 Å². The lowest BCUT2D eigenvalue weighted by Gasteiger charge is -2.27. The lowest BCUT2D eigenvalue weighted by molar-refractivity contribution is 0.0358. The van der Waals surface area contributed by atoms with Gasteiger partial charge in [0.15, 0.2) is 0 Å². The molecule has 0 radical (unpaired) electrons. The van der Waals surface area contributed by atoms with Crippen LogP contribution in [0, 0.1) is 0 Å². The van der Waals surface area contributed by atoms with Crippen molar-refractivity contribution in [3.8, 4) is 11.5 Å². The van der Waals surface area contributed by atoms with E-state index in [-0.39, 0.29) is 5.41 Å². The molecule has 0 aliphatic carbocycles. The van der Waals surface area contributed by atoms with Gasteiger partial charge in [0.25, 0.3) is 0 Å². The largest absolute Gasteiger partial charge is 0.494 e. The molecule has 2 aromatic rings. The van der Waals surface area contributed by atoms with Crippen molar-refractivity contribution in [3.05, 3.63) is 58.1 Å². The van der Waals surface area contributed by atoms with Gasteiger partial charge < -0.3 is 14.2 Å². The summed E-state index contributed by atoms with van der Waals surface area (Å²) in [4.78, 5) is 2.44. The summed E-state index contributed by atoms with van der Waals surface area (Å²) in [5, 5.41) is 0. The quantitative estimate of drug-likeness (QED) is 0.475. The summed E-state index contributed by atoms with van der Waals surface area (Å²) in [6.07, 6.45) is 1.04. The second kappa shape index (κ2) is 10.5. The Balaban J connectivity index is 1.56. The fourth-order valence-electron chi connectivity index (χ4n) is 3.60. The van der Waals surface area contributed by atoms with Gasteiger partial charge in [-0.25, -0.2) is 0 Å².